The van der Waals surface area contributed by atoms with Crippen molar-refractivity contribution < 1.29 is 9.15 Å². The molecule has 1 aromatic carbocycles. The van der Waals surface area contributed by atoms with Gasteiger partial charge in [0.1, 0.15) is 5.52 Å². The summed E-state index contributed by atoms with van der Waals surface area (Å²) >= 11 is 6.02. The number of nitrogens with zero attached hydrogens (tertiary/aromatic N) is 1. The van der Waals surface area contributed by atoms with Gasteiger partial charge in [-0.05, 0) is 12.1 Å². The highest BCUT2D eigenvalue weighted by Crippen LogP contribution is 2.30. The molecule has 5 heteroatoms. The lowest BCUT2D eigenvalue weighted by Gasteiger charge is -2.07. The summed E-state index contributed by atoms with van der Waals surface area (Å²) in [5, 5.41) is 0.573. The van der Waals surface area contributed by atoms with Gasteiger partial charge in [0.15, 0.2) is 5.58 Å². The predicted molar refractivity (Wildman–Crippen MR) is 60.6 cm³/mol. The van der Waals surface area contributed by atoms with Crippen LogP contribution in [0.15, 0.2) is 22.6 Å². The summed E-state index contributed by atoms with van der Waals surface area (Å²) < 4.78 is 10.9. The average Bonchev–Trinajstić information content (AvgIpc) is 2.84. The van der Waals surface area contributed by atoms with E-state index < -0.39 is 0 Å². The van der Waals surface area contributed by atoms with Crippen LogP contribution in [-0.2, 0) is 4.74 Å². The Morgan fingerprint density at radius 2 is 2.25 bits per heavy atom. The number of oxazole rings is 1. The molecular weight excluding hydrogens is 228 g/mol. The number of hydrogen-bond donors (Lipinski definition) is 1. The van der Waals surface area contributed by atoms with E-state index in [0.29, 0.717) is 29.7 Å². The van der Waals surface area contributed by atoms with Crippen LogP contribution in [0.4, 0.5) is 0 Å². The number of nitrogens with two attached hydrogens (primary N) is 1. The maximum Gasteiger partial charge on any atom is 0.202 e. The van der Waals surface area contributed by atoms with Gasteiger partial charge < -0.3 is 14.9 Å². The number of halogens is 1. The van der Waals surface area contributed by atoms with Gasteiger partial charge in [-0.1, -0.05) is 17.7 Å². The molecule has 1 saturated heterocycles. The van der Waals surface area contributed by atoms with E-state index in [4.69, 9.17) is 26.5 Å². The monoisotopic (exact) mass is 238 g/mol. The minimum Gasteiger partial charge on any atom is -0.439 e. The van der Waals surface area contributed by atoms with Gasteiger partial charge >= 0.3 is 0 Å². The van der Waals surface area contributed by atoms with Crippen molar-refractivity contribution in [1.29, 1.82) is 0 Å². The van der Waals surface area contributed by atoms with Crippen molar-refractivity contribution >= 4 is 22.7 Å². The highest BCUT2D eigenvalue weighted by molar-refractivity contribution is 6.34. The Morgan fingerprint density at radius 1 is 1.38 bits per heavy atom. The van der Waals surface area contributed by atoms with Crippen molar-refractivity contribution in [3.63, 3.8) is 0 Å². The SMILES string of the molecule is NC1COCC1c1nc2cccc(Cl)c2o1. The first-order chi connectivity index (χ1) is 7.75. The molecular formula is C11H11ClN2O2. The van der Waals surface area contributed by atoms with Gasteiger partial charge in [-0.2, -0.15) is 0 Å². The zero-order valence-corrected chi connectivity index (χ0v) is 9.28. The number of para-hydroxylation sites is 1. The molecule has 0 spiro atoms. The zero-order valence-electron chi connectivity index (χ0n) is 8.52. The normalized spacial score (nSPS) is 25.4. The molecule has 2 heterocycles. The van der Waals surface area contributed by atoms with Gasteiger partial charge in [-0.3, -0.25) is 0 Å². The fraction of sp³-hybridized carbons (Fsp3) is 0.364. The Bertz CT molecular complexity index is 526. The van der Waals surface area contributed by atoms with Crippen molar-refractivity contribution in [3.05, 3.63) is 29.1 Å². The third kappa shape index (κ3) is 1.50. The number of rotatable bonds is 1. The lowest BCUT2D eigenvalue weighted by molar-refractivity contribution is 0.188. The lowest BCUT2D eigenvalue weighted by Crippen LogP contribution is -2.26. The van der Waals surface area contributed by atoms with Crippen LogP contribution in [0.1, 0.15) is 11.8 Å². The Balaban J connectivity index is 2.08. The summed E-state index contributed by atoms with van der Waals surface area (Å²) in [6.07, 6.45) is 0. The molecule has 3 rings (SSSR count). The summed E-state index contributed by atoms with van der Waals surface area (Å²) in [7, 11) is 0. The molecule has 0 bridgehead atoms. The smallest absolute Gasteiger partial charge is 0.202 e. The van der Waals surface area contributed by atoms with Gasteiger partial charge in [0.2, 0.25) is 5.89 Å². The highest BCUT2D eigenvalue weighted by Gasteiger charge is 2.30. The fourth-order valence-electron chi connectivity index (χ4n) is 1.92. The van der Waals surface area contributed by atoms with Crippen LogP contribution in [-0.4, -0.2) is 24.2 Å². The summed E-state index contributed by atoms with van der Waals surface area (Å²) in [5.41, 5.74) is 7.30. The quantitative estimate of drug-likeness (QED) is 0.825. The topological polar surface area (TPSA) is 61.3 Å². The van der Waals surface area contributed by atoms with Crippen LogP contribution >= 0.6 is 11.6 Å². The Kier molecular flexibility index (Phi) is 2.35. The second-order valence-corrected chi connectivity index (χ2v) is 4.36. The minimum absolute atomic E-state index is 0.0310. The van der Waals surface area contributed by atoms with E-state index in [2.05, 4.69) is 4.98 Å². The fourth-order valence-corrected chi connectivity index (χ4v) is 2.12. The average molecular weight is 239 g/mol. The molecule has 4 nitrogen and oxygen atoms in total. The molecule has 1 fully saturated rings. The minimum atomic E-state index is -0.0492. The lowest BCUT2D eigenvalue weighted by atomic mass is 10.1. The molecule has 2 aromatic rings. The van der Waals surface area contributed by atoms with Crippen LogP contribution < -0.4 is 5.73 Å². The first-order valence-corrected chi connectivity index (χ1v) is 5.52. The molecule has 0 saturated carbocycles. The van der Waals surface area contributed by atoms with E-state index in [1.807, 2.05) is 12.1 Å². The third-order valence-electron chi connectivity index (χ3n) is 2.83. The van der Waals surface area contributed by atoms with Crippen LogP contribution in [0.3, 0.4) is 0 Å². The number of hydrogen-bond acceptors (Lipinski definition) is 4. The van der Waals surface area contributed by atoms with Crippen LogP contribution in [0, 0.1) is 0 Å². The van der Waals surface area contributed by atoms with Gasteiger partial charge in [0.05, 0.1) is 24.2 Å². The maximum absolute atomic E-state index is 6.02. The van der Waals surface area contributed by atoms with Crippen molar-refractivity contribution in [3.8, 4) is 0 Å². The molecule has 2 atom stereocenters. The van der Waals surface area contributed by atoms with Crippen molar-refractivity contribution in [2.24, 2.45) is 5.73 Å². The molecule has 2 unspecified atom stereocenters. The summed E-state index contributed by atoms with van der Waals surface area (Å²) in [4.78, 5) is 4.39. The summed E-state index contributed by atoms with van der Waals surface area (Å²) in [5.74, 6) is 0.650. The van der Waals surface area contributed by atoms with E-state index in [1.54, 1.807) is 6.07 Å². The molecule has 2 N–H and O–H groups in total. The third-order valence-corrected chi connectivity index (χ3v) is 3.12. The number of aromatic nitrogens is 1. The van der Waals surface area contributed by atoms with Crippen molar-refractivity contribution in [2.75, 3.05) is 13.2 Å². The van der Waals surface area contributed by atoms with E-state index in [9.17, 15) is 0 Å². The van der Waals surface area contributed by atoms with Crippen molar-refractivity contribution in [1.82, 2.24) is 4.98 Å². The molecule has 0 aliphatic carbocycles. The maximum atomic E-state index is 6.02. The van der Waals surface area contributed by atoms with Gasteiger partial charge in [0, 0.05) is 6.04 Å². The largest absolute Gasteiger partial charge is 0.439 e. The van der Waals surface area contributed by atoms with Crippen LogP contribution in [0.5, 0.6) is 0 Å². The first-order valence-electron chi connectivity index (χ1n) is 5.14. The Morgan fingerprint density at radius 3 is 2.94 bits per heavy atom. The van der Waals surface area contributed by atoms with Gasteiger partial charge in [-0.15, -0.1) is 0 Å². The standard InChI is InChI=1S/C11H11ClN2O2/c12-7-2-1-3-9-10(7)16-11(14-9)6-4-15-5-8(6)13/h1-3,6,8H,4-5,13H2. The molecule has 1 aromatic heterocycles. The molecule has 1 aliphatic rings. The van der Waals surface area contributed by atoms with Crippen LogP contribution in [0.25, 0.3) is 11.1 Å². The summed E-state index contributed by atoms with van der Waals surface area (Å²) in [6, 6.07) is 5.45. The van der Waals surface area contributed by atoms with E-state index in [1.165, 1.54) is 0 Å². The zero-order chi connectivity index (χ0) is 11.1. The van der Waals surface area contributed by atoms with Crippen molar-refractivity contribution in [2.45, 2.75) is 12.0 Å². The molecule has 16 heavy (non-hydrogen) atoms. The predicted octanol–water partition coefficient (Wildman–Crippen LogP) is 1.92. The second-order valence-electron chi connectivity index (χ2n) is 3.95. The highest BCUT2D eigenvalue weighted by atomic mass is 35.5. The van der Waals surface area contributed by atoms with Gasteiger partial charge in [0.25, 0.3) is 0 Å². The second kappa shape index (κ2) is 3.73. The Labute approximate surface area is 97.3 Å². The molecule has 0 amide bonds. The van der Waals surface area contributed by atoms with Gasteiger partial charge in [-0.25, -0.2) is 4.98 Å². The van der Waals surface area contributed by atoms with E-state index in [-0.39, 0.29) is 12.0 Å². The van der Waals surface area contributed by atoms with E-state index >= 15 is 0 Å². The number of benzene rings is 1. The first kappa shape index (κ1) is 10.1. The number of ether oxygens (including phenoxy) is 1. The van der Waals surface area contributed by atoms with E-state index in [0.717, 1.165) is 5.52 Å². The number of fused-ring (bicyclic) bond motifs is 1. The van der Waals surface area contributed by atoms with Crippen LogP contribution in [0.2, 0.25) is 5.02 Å². The molecule has 1 aliphatic heterocycles. The Hall–Kier alpha value is -1.10. The molecule has 0 radical (unpaired) electrons. The summed E-state index contributed by atoms with van der Waals surface area (Å²) in [6.45, 7) is 1.11. The molecule has 84 valence electrons.